The van der Waals surface area contributed by atoms with Gasteiger partial charge in [-0.15, -0.1) is 0 Å². The van der Waals surface area contributed by atoms with E-state index in [4.69, 9.17) is 0 Å². The summed E-state index contributed by atoms with van der Waals surface area (Å²) in [6.45, 7) is 1.99. The fourth-order valence-corrected chi connectivity index (χ4v) is 3.49. The van der Waals surface area contributed by atoms with E-state index in [0.717, 1.165) is 29.7 Å². The molecule has 3 amide bonds. The lowest BCUT2D eigenvalue weighted by Crippen LogP contribution is -2.49. The Morgan fingerprint density at radius 1 is 1.14 bits per heavy atom. The molecule has 0 aliphatic heterocycles. The molecule has 3 rings (SSSR count). The van der Waals surface area contributed by atoms with Gasteiger partial charge in [0.15, 0.2) is 6.19 Å². The molecule has 1 aliphatic rings. The number of aryl methyl sites for hydroxylation is 2. The van der Waals surface area contributed by atoms with Crippen LogP contribution in [0, 0.1) is 11.5 Å². The van der Waals surface area contributed by atoms with E-state index < -0.39 is 18.0 Å². The van der Waals surface area contributed by atoms with Gasteiger partial charge in [0.25, 0.3) is 5.91 Å². The van der Waals surface area contributed by atoms with Crippen LogP contribution in [-0.2, 0) is 24.1 Å². The summed E-state index contributed by atoms with van der Waals surface area (Å²) in [5, 5.41) is 14.7. The molecule has 1 unspecified atom stereocenters. The Hall–Kier alpha value is -3.33. The molecule has 28 heavy (non-hydrogen) atoms. The maximum absolute atomic E-state index is 12.7. The van der Waals surface area contributed by atoms with Gasteiger partial charge < -0.3 is 10.6 Å². The third-order valence-corrected chi connectivity index (χ3v) is 4.95. The highest BCUT2D eigenvalue weighted by atomic mass is 16.2. The van der Waals surface area contributed by atoms with Crippen LogP contribution in [0.3, 0.4) is 0 Å². The van der Waals surface area contributed by atoms with Crippen LogP contribution in [0.25, 0.3) is 0 Å². The number of carbonyl (C=O) groups is 2. The molecule has 0 radical (unpaired) electrons. The summed E-state index contributed by atoms with van der Waals surface area (Å²) >= 11 is 0. The average molecular weight is 376 g/mol. The number of rotatable bonds is 6. The fourth-order valence-electron chi connectivity index (χ4n) is 3.49. The minimum atomic E-state index is -0.823. The van der Waals surface area contributed by atoms with Crippen molar-refractivity contribution in [1.29, 1.82) is 5.26 Å². The van der Waals surface area contributed by atoms with E-state index in [2.05, 4.69) is 10.6 Å². The van der Waals surface area contributed by atoms with Gasteiger partial charge in [0, 0.05) is 18.7 Å². The largest absolute Gasteiger partial charge is 0.326 e. The number of nitrogens with zero attached hydrogens (tertiary/aromatic N) is 2. The molecule has 0 bridgehead atoms. The standard InChI is InChI=1S/C22H24N4O2/c1-2-26(15-23)21(27)20(13-16-7-4-3-5-8-16)25-22(28)24-19-12-11-17-9-6-10-18(17)14-19/h3-5,7-8,11-12,14,20H,2,6,9-10,13H2,1H3,(H2,24,25,28). The number of nitrogens with one attached hydrogen (secondary N) is 2. The lowest BCUT2D eigenvalue weighted by Gasteiger charge is -2.22. The molecule has 0 saturated heterocycles. The number of fused-ring (bicyclic) bond motifs is 1. The van der Waals surface area contributed by atoms with E-state index >= 15 is 0 Å². The van der Waals surface area contributed by atoms with Crippen LogP contribution in [0.1, 0.15) is 30.0 Å². The Bertz CT molecular complexity index is 889. The second-order valence-electron chi connectivity index (χ2n) is 6.86. The van der Waals surface area contributed by atoms with Gasteiger partial charge in [0.2, 0.25) is 0 Å². The first-order valence-corrected chi connectivity index (χ1v) is 9.55. The van der Waals surface area contributed by atoms with Gasteiger partial charge in [-0.25, -0.2) is 9.69 Å². The molecule has 1 atom stereocenters. The Labute approximate surface area is 165 Å². The Balaban J connectivity index is 1.71. The van der Waals surface area contributed by atoms with Crippen LogP contribution in [-0.4, -0.2) is 29.4 Å². The predicted octanol–water partition coefficient (Wildman–Crippen LogP) is 3.24. The number of hydrogen-bond donors (Lipinski definition) is 2. The minimum Gasteiger partial charge on any atom is -0.326 e. The first-order chi connectivity index (χ1) is 13.6. The average Bonchev–Trinajstić information content (AvgIpc) is 3.17. The monoisotopic (exact) mass is 376 g/mol. The summed E-state index contributed by atoms with van der Waals surface area (Å²) in [5.41, 5.74) is 4.21. The van der Waals surface area contributed by atoms with Crippen molar-refractivity contribution < 1.29 is 9.59 Å². The quantitative estimate of drug-likeness (QED) is 0.599. The number of anilines is 1. The van der Waals surface area contributed by atoms with Crippen molar-refractivity contribution in [3.05, 3.63) is 65.2 Å². The Morgan fingerprint density at radius 2 is 1.89 bits per heavy atom. The van der Waals surface area contributed by atoms with E-state index in [1.54, 1.807) is 6.92 Å². The van der Waals surface area contributed by atoms with E-state index in [0.29, 0.717) is 12.1 Å². The molecule has 0 spiro atoms. The molecule has 0 saturated carbocycles. The molecule has 0 fully saturated rings. The number of urea groups is 1. The maximum atomic E-state index is 12.7. The van der Waals surface area contributed by atoms with Crippen molar-refractivity contribution >= 4 is 17.6 Å². The third-order valence-electron chi connectivity index (χ3n) is 4.95. The van der Waals surface area contributed by atoms with Gasteiger partial charge in [-0.2, -0.15) is 5.26 Å². The van der Waals surface area contributed by atoms with Crippen LogP contribution in [0.2, 0.25) is 0 Å². The summed E-state index contributed by atoms with van der Waals surface area (Å²) in [6, 6.07) is 14.1. The van der Waals surface area contributed by atoms with Gasteiger partial charge in [0.05, 0.1) is 0 Å². The minimum absolute atomic E-state index is 0.259. The Morgan fingerprint density at radius 3 is 2.61 bits per heavy atom. The van der Waals surface area contributed by atoms with Crippen molar-refractivity contribution in [2.45, 2.75) is 38.6 Å². The number of amides is 3. The summed E-state index contributed by atoms with van der Waals surface area (Å²) in [7, 11) is 0. The van der Waals surface area contributed by atoms with Crippen molar-refractivity contribution in [1.82, 2.24) is 10.2 Å². The highest BCUT2D eigenvalue weighted by Crippen LogP contribution is 2.24. The van der Waals surface area contributed by atoms with Gasteiger partial charge in [-0.05, 0) is 55.0 Å². The highest BCUT2D eigenvalue weighted by molar-refractivity contribution is 5.94. The molecule has 2 aromatic rings. The highest BCUT2D eigenvalue weighted by Gasteiger charge is 2.26. The molecule has 2 aromatic carbocycles. The third kappa shape index (κ3) is 4.68. The van der Waals surface area contributed by atoms with Crippen molar-refractivity contribution in [2.75, 3.05) is 11.9 Å². The van der Waals surface area contributed by atoms with E-state index in [1.807, 2.05) is 54.7 Å². The molecule has 144 valence electrons. The first-order valence-electron chi connectivity index (χ1n) is 9.55. The van der Waals surface area contributed by atoms with Crippen LogP contribution < -0.4 is 10.6 Å². The normalized spacial score (nSPS) is 13.1. The molecular weight excluding hydrogens is 352 g/mol. The molecule has 2 N–H and O–H groups in total. The second-order valence-corrected chi connectivity index (χ2v) is 6.86. The van der Waals surface area contributed by atoms with Crippen molar-refractivity contribution in [2.24, 2.45) is 0 Å². The lowest BCUT2D eigenvalue weighted by molar-refractivity contribution is -0.129. The zero-order chi connectivity index (χ0) is 19.9. The summed E-state index contributed by atoms with van der Waals surface area (Å²) in [6.07, 6.45) is 5.44. The zero-order valence-corrected chi connectivity index (χ0v) is 15.9. The number of nitriles is 1. The van der Waals surface area contributed by atoms with Gasteiger partial charge >= 0.3 is 6.03 Å². The smallest absolute Gasteiger partial charge is 0.319 e. The maximum Gasteiger partial charge on any atom is 0.319 e. The van der Waals surface area contributed by atoms with Crippen molar-refractivity contribution in [3.8, 4) is 6.19 Å². The fraction of sp³-hybridized carbons (Fsp3) is 0.318. The van der Waals surface area contributed by atoms with E-state index in [9.17, 15) is 14.9 Å². The van der Waals surface area contributed by atoms with Gasteiger partial charge in [0.1, 0.15) is 6.04 Å². The molecule has 6 heteroatoms. The van der Waals surface area contributed by atoms with Gasteiger partial charge in [-0.1, -0.05) is 36.4 Å². The Kier molecular flexibility index (Phi) is 6.28. The van der Waals surface area contributed by atoms with Crippen molar-refractivity contribution in [3.63, 3.8) is 0 Å². The van der Waals surface area contributed by atoms with E-state index in [-0.39, 0.29) is 6.54 Å². The number of carbonyl (C=O) groups excluding carboxylic acids is 2. The number of hydrogen-bond acceptors (Lipinski definition) is 3. The molecule has 6 nitrogen and oxygen atoms in total. The topological polar surface area (TPSA) is 85.2 Å². The first kappa shape index (κ1) is 19.4. The molecule has 1 aliphatic carbocycles. The molecular formula is C22H24N4O2. The number of likely N-dealkylation sites (N-methyl/N-ethyl adjacent to an activating group) is 1. The molecule has 0 aromatic heterocycles. The van der Waals surface area contributed by atoms with Crippen LogP contribution in [0.4, 0.5) is 10.5 Å². The lowest BCUT2D eigenvalue weighted by atomic mass is 10.0. The van der Waals surface area contributed by atoms with Crippen LogP contribution in [0.15, 0.2) is 48.5 Å². The second kappa shape index (κ2) is 9.05. The predicted molar refractivity (Wildman–Crippen MR) is 108 cm³/mol. The van der Waals surface area contributed by atoms with Crippen LogP contribution in [0.5, 0.6) is 0 Å². The van der Waals surface area contributed by atoms with Crippen LogP contribution >= 0.6 is 0 Å². The summed E-state index contributed by atoms with van der Waals surface area (Å²) < 4.78 is 0. The summed E-state index contributed by atoms with van der Waals surface area (Å²) in [5.74, 6) is -0.419. The zero-order valence-electron chi connectivity index (χ0n) is 15.9. The molecule has 0 heterocycles. The SMILES string of the molecule is CCN(C#N)C(=O)C(Cc1ccccc1)NC(=O)Nc1ccc2c(c1)CCC2. The van der Waals surface area contributed by atoms with E-state index in [1.165, 1.54) is 11.1 Å². The summed E-state index contributed by atoms with van der Waals surface area (Å²) in [4.78, 5) is 26.3. The number of benzene rings is 2. The van der Waals surface area contributed by atoms with Gasteiger partial charge in [-0.3, -0.25) is 4.79 Å².